The van der Waals surface area contributed by atoms with E-state index in [1.807, 2.05) is 66.4 Å². The fraction of sp³-hybridized carbons (Fsp3) is 0.261. The SMILES string of the molecule is Cc1nc2ccccc2cc1C(=O)N1CCCC(c2nc3ccccc3[nH]2)C1. The van der Waals surface area contributed by atoms with E-state index in [0.29, 0.717) is 12.1 Å². The molecule has 2 aromatic heterocycles. The van der Waals surface area contributed by atoms with Crippen molar-refractivity contribution in [2.75, 3.05) is 13.1 Å². The van der Waals surface area contributed by atoms with Crippen LogP contribution in [-0.4, -0.2) is 38.8 Å². The first-order valence-electron chi connectivity index (χ1n) is 9.79. The Morgan fingerprint density at radius 1 is 1.07 bits per heavy atom. The summed E-state index contributed by atoms with van der Waals surface area (Å²) < 4.78 is 0. The largest absolute Gasteiger partial charge is 0.342 e. The van der Waals surface area contributed by atoms with Crippen molar-refractivity contribution < 1.29 is 4.79 Å². The standard InChI is InChI=1S/C23H22N4O/c1-15-18(13-16-7-2-3-9-19(16)24-15)23(28)27-12-6-8-17(14-27)22-25-20-10-4-5-11-21(20)26-22/h2-5,7,9-11,13,17H,6,8,12,14H2,1H3,(H,25,26). The number of aromatic nitrogens is 3. The molecular weight excluding hydrogens is 348 g/mol. The lowest BCUT2D eigenvalue weighted by Gasteiger charge is -2.32. The molecule has 1 fully saturated rings. The number of hydrogen-bond donors (Lipinski definition) is 1. The molecule has 2 aromatic carbocycles. The van der Waals surface area contributed by atoms with Gasteiger partial charge in [0.15, 0.2) is 0 Å². The van der Waals surface area contributed by atoms with E-state index in [0.717, 1.165) is 52.8 Å². The Balaban J connectivity index is 1.43. The van der Waals surface area contributed by atoms with Gasteiger partial charge in [0.2, 0.25) is 0 Å². The molecule has 1 amide bonds. The molecule has 0 saturated carbocycles. The number of hydrogen-bond acceptors (Lipinski definition) is 3. The third-order valence-electron chi connectivity index (χ3n) is 5.65. The number of imidazole rings is 1. The lowest BCUT2D eigenvalue weighted by Crippen LogP contribution is -2.39. The molecule has 28 heavy (non-hydrogen) atoms. The monoisotopic (exact) mass is 370 g/mol. The molecule has 1 unspecified atom stereocenters. The molecule has 4 aromatic rings. The summed E-state index contributed by atoms with van der Waals surface area (Å²) in [6.45, 7) is 3.38. The number of aromatic amines is 1. The molecular formula is C23H22N4O. The number of fused-ring (bicyclic) bond motifs is 2. The number of pyridine rings is 1. The van der Waals surface area contributed by atoms with Gasteiger partial charge in [0.25, 0.3) is 5.91 Å². The zero-order valence-electron chi connectivity index (χ0n) is 15.9. The van der Waals surface area contributed by atoms with Gasteiger partial charge in [0.1, 0.15) is 5.82 Å². The molecule has 1 saturated heterocycles. The lowest BCUT2D eigenvalue weighted by molar-refractivity contribution is 0.0704. The first kappa shape index (κ1) is 16.9. The van der Waals surface area contributed by atoms with Gasteiger partial charge in [-0.2, -0.15) is 0 Å². The Bertz CT molecular complexity index is 1150. The van der Waals surface area contributed by atoms with Crippen LogP contribution in [0.25, 0.3) is 21.9 Å². The second kappa shape index (κ2) is 6.75. The van der Waals surface area contributed by atoms with E-state index in [1.165, 1.54) is 0 Å². The molecule has 3 heterocycles. The van der Waals surface area contributed by atoms with Crippen LogP contribution in [0.15, 0.2) is 54.6 Å². The highest BCUT2D eigenvalue weighted by atomic mass is 16.2. The van der Waals surface area contributed by atoms with Gasteiger partial charge in [-0.25, -0.2) is 4.98 Å². The van der Waals surface area contributed by atoms with E-state index in [2.05, 4.69) is 9.97 Å². The fourth-order valence-corrected chi connectivity index (χ4v) is 4.15. The Morgan fingerprint density at radius 3 is 2.71 bits per heavy atom. The summed E-state index contributed by atoms with van der Waals surface area (Å²) in [5.74, 6) is 1.28. The average molecular weight is 370 g/mol. The summed E-state index contributed by atoms with van der Waals surface area (Å²) in [4.78, 5) is 28.1. The molecule has 1 N–H and O–H groups in total. The number of likely N-dealkylation sites (tertiary alicyclic amines) is 1. The second-order valence-corrected chi connectivity index (χ2v) is 7.54. The first-order valence-corrected chi connectivity index (χ1v) is 9.79. The summed E-state index contributed by atoms with van der Waals surface area (Å²) in [6, 6.07) is 18.0. The molecule has 5 rings (SSSR count). The Labute approximate surface area is 163 Å². The number of aryl methyl sites for hydroxylation is 1. The van der Waals surface area contributed by atoms with E-state index in [4.69, 9.17) is 4.98 Å². The quantitative estimate of drug-likeness (QED) is 0.567. The molecule has 0 aliphatic carbocycles. The normalized spacial score (nSPS) is 17.3. The smallest absolute Gasteiger partial charge is 0.255 e. The van der Waals surface area contributed by atoms with Crippen molar-refractivity contribution in [3.8, 4) is 0 Å². The average Bonchev–Trinajstić information content (AvgIpc) is 3.17. The molecule has 5 nitrogen and oxygen atoms in total. The molecule has 5 heteroatoms. The Hall–Kier alpha value is -3.21. The van der Waals surface area contributed by atoms with Gasteiger partial charge >= 0.3 is 0 Å². The van der Waals surface area contributed by atoms with Crippen LogP contribution in [0, 0.1) is 6.92 Å². The number of H-pyrrole nitrogens is 1. The van der Waals surface area contributed by atoms with Crippen molar-refractivity contribution in [3.05, 3.63) is 71.7 Å². The number of carbonyl (C=O) groups excluding carboxylic acids is 1. The zero-order chi connectivity index (χ0) is 19.1. The van der Waals surface area contributed by atoms with Crippen LogP contribution >= 0.6 is 0 Å². The number of amides is 1. The summed E-state index contributed by atoms with van der Waals surface area (Å²) >= 11 is 0. The number of nitrogens with zero attached hydrogens (tertiary/aromatic N) is 3. The predicted molar refractivity (Wildman–Crippen MR) is 110 cm³/mol. The maximum absolute atomic E-state index is 13.3. The van der Waals surface area contributed by atoms with Crippen LogP contribution in [0.3, 0.4) is 0 Å². The van der Waals surface area contributed by atoms with Crippen LogP contribution in [-0.2, 0) is 0 Å². The molecule has 0 spiro atoms. The summed E-state index contributed by atoms with van der Waals surface area (Å²) in [6.07, 6.45) is 2.02. The summed E-state index contributed by atoms with van der Waals surface area (Å²) in [5, 5.41) is 1.00. The topological polar surface area (TPSA) is 61.9 Å². The van der Waals surface area contributed by atoms with Crippen LogP contribution in [0.4, 0.5) is 0 Å². The number of rotatable bonds is 2. The lowest BCUT2D eigenvalue weighted by atomic mass is 9.96. The van der Waals surface area contributed by atoms with Gasteiger partial charge < -0.3 is 9.88 Å². The highest BCUT2D eigenvalue weighted by molar-refractivity contribution is 5.98. The first-order chi connectivity index (χ1) is 13.7. The van der Waals surface area contributed by atoms with Crippen LogP contribution in [0.5, 0.6) is 0 Å². The van der Waals surface area contributed by atoms with E-state index in [9.17, 15) is 4.79 Å². The Morgan fingerprint density at radius 2 is 1.86 bits per heavy atom. The van der Waals surface area contributed by atoms with E-state index in [1.54, 1.807) is 0 Å². The van der Waals surface area contributed by atoms with Gasteiger partial charge in [0.05, 0.1) is 27.8 Å². The molecule has 0 bridgehead atoms. The minimum absolute atomic E-state index is 0.0663. The maximum Gasteiger partial charge on any atom is 0.255 e. The van der Waals surface area contributed by atoms with Crippen molar-refractivity contribution in [3.63, 3.8) is 0 Å². The van der Waals surface area contributed by atoms with Gasteiger partial charge in [-0.15, -0.1) is 0 Å². The van der Waals surface area contributed by atoms with Crippen LogP contribution < -0.4 is 0 Å². The van der Waals surface area contributed by atoms with E-state index < -0.39 is 0 Å². The highest BCUT2D eigenvalue weighted by Crippen LogP contribution is 2.28. The van der Waals surface area contributed by atoms with Crippen LogP contribution in [0.2, 0.25) is 0 Å². The fourth-order valence-electron chi connectivity index (χ4n) is 4.15. The van der Waals surface area contributed by atoms with Crippen LogP contribution in [0.1, 0.15) is 40.6 Å². The predicted octanol–water partition coefficient (Wildman–Crippen LogP) is 4.44. The van der Waals surface area contributed by atoms with Gasteiger partial charge in [-0.05, 0) is 44.0 Å². The van der Waals surface area contributed by atoms with Crippen molar-refractivity contribution >= 4 is 27.8 Å². The molecule has 0 radical (unpaired) electrons. The van der Waals surface area contributed by atoms with E-state index in [-0.39, 0.29) is 11.8 Å². The molecule has 1 aliphatic heterocycles. The third kappa shape index (κ3) is 2.93. The summed E-state index contributed by atoms with van der Waals surface area (Å²) in [7, 11) is 0. The van der Waals surface area contributed by atoms with E-state index >= 15 is 0 Å². The number of nitrogens with one attached hydrogen (secondary N) is 1. The molecule has 1 atom stereocenters. The minimum Gasteiger partial charge on any atom is -0.342 e. The van der Waals surface area contributed by atoms with Crippen molar-refractivity contribution in [1.29, 1.82) is 0 Å². The number of piperidine rings is 1. The number of carbonyl (C=O) groups is 1. The molecule has 1 aliphatic rings. The second-order valence-electron chi connectivity index (χ2n) is 7.54. The van der Waals surface area contributed by atoms with Crippen molar-refractivity contribution in [2.24, 2.45) is 0 Å². The van der Waals surface area contributed by atoms with Crippen molar-refractivity contribution in [1.82, 2.24) is 19.9 Å². The Kier molecular flexibility index (Phi) is 4.08. The number of para-hydroxylation sites is 3. The molecule has 140 valence electrons. The number of benzene rings is 2. The van der Waals surface area contributed by atoms with Gasteiger partial charge in [0, 0.05) is 24.4 Å². The highest BCUT2D eigenvalue weighted by Gasteiger charge is 2.28. The minimum atomic E-state index is 0.0663. The summed E-state index contributed by atoms with van der Waals surface area (Å²) in [5.41, 5.74) is 4.44. The maximum atomic E-state index is 13.3. The zero-order valence-corrected chi connectivity index (χ0v) is 15.9. The third-order valence-corrected chi connectivity index (χ3v) is 5.65. The van der Waals surface area contributed by atoms with Crippen molar-refractivity contribution in [2.45, 2.75) is 25.7 Å². The van der Waals surface area contributed by atoms with Gasteiger partial charge in [-0.3, -0.25) is 9.78 Å². The van der Waals surface area contributed by atoms with Gasteiger partial charge in [-0.1, -0.05) is 30.3 Å².